The number of rotatable bonds is 1. The highest BCUT2D eigenvalue weighted by atomic mass is 19.4. The van der Waals surface area contributed by atoms with Gasteiger partial charge < -0.3 is 10.1 Å². The van der Waals surface area contributed by atoms with Crippen LogP contribution in [0, 0.1) is 0 Å². The van der Waals surface area contributed by atoms with Crippen LogP contribution in [0.25, 0.3) is 10.9 Å². The molecule has 0 bridgehead atoms. The molecule has 0 unspecified atom stereocenters. The summed E-state index contributed by atoms with van der Waals surface area (Å²) in [6.07, 6.45) is -10.3. The summed E-state index contributed by atoms with van der Waals surface area (Å²) in [7, 11) is 0. The third-order valence-electron chi connectivity index (χ3n) is 2.63. The van der Waals surface area contributed by atoms with Crippen LogP contribution in [0.2, 0.25) is 0 Å². The number of aromatic amines is 1. The average Bonchev–Trinajstić information content (AvgIpc) is 2.65. The minimum Gasteiger partial charge on any atom is -0.477 e. The fourth-order valence-electron chi connectivity index (χ4n) is 1.93. The highest BCUT2D eigenvalue weighted by Gasteiger charge is 2.43. The first-order valence-corrected chi connectivity index (χ1v) is 5.06. The van der Waals surface area contributed by atoms with Crippen molar-refractivity contribution in [1.29, 1.82) is 0 Å². The van der Waals surface area contributed by atoms with Crippen LogP contribution in [0.15, 0.2) is 18.2 Å². The van der Waals surface area contributed by atoms with E-state index in [9.17, 15) is 31.1 Å². The number of fused-ring (bicyclic) bond motifs is 1. The molecule has 0 fully saturated rings. The SMILES string of the molecule is O=C(O)c1[nH]c2cccc(C(F)(F)F)c2c1C(F)(F)F. The molecule has 20 heavy (non-hydrogen) atoms. The molecule has 0 aliphatic rings. The summed E-state index contributed by atoms with van der Waals surface area (Å²) in [5.41, 5.74) is -5.22. The van der Waals surface area contributed by atoms with Crippen molar-refractivity contribution in [3.05, 3.63) is 35.0 Å². The second kappa shape index (κ2) is 4.15. The first-order chi connectivity index (χ1) is 9.03. The molecule has 1 heterocycles. The lowest BCUT2D eigenvalue weighted by molar-refractivity contribution is -0.140. The molecule has 0 spiro atoms. The van der Waals surface area contributed by atoms with E-state index in [2.05, 4.69) is 0 Å². The van der Waals surface area contributed by atoms with E-state index in [1.165, 1.54) is 0 Å². The molecule has 0 saturated heterocycles. The van der Waals surface area contributed by atoms with Crippen LogP contribution in [0.5, 0.6) is 0 Å². The molecule has 1 aromatic heterocycles. The van der Waals surface area contributed by atoms with E-state index in [0.29, 0.717) is 6.07 Å². The minimum atomic E-state index is -5.23. The van der Waals surface area contributed by atoms with Gasteiger partial charge in [-0.1, -0.05) is 6.07 Å². The zero-order valence-corrected chi connectivity index (χ0v) is 9.36. The molecule has 0 saturated carbocycles. The van der Waals surface area contributed by atoms with Gasteiger partial charge in [0, 0.05) is 10.9 Å². The molecule has 0 aliphatic carbocycles. The van der Waals surface area contributed by atoms with Crippen LogP contribution in [-0.4, -0.2) is 16.1 Å². The summed E-state index contributed by atoms with van der Waals surface area (Å²) in [6, 6.07) is 2.32. The predicted molar refractivity (Wildman–Crippen MR) is 55.3 cm³/mol. The Balaban J connectivity index is 2.98. The topological polar surface area (TPSA) is 53.1 Å². The van der Waals surface area contributed by atoms with Gasteiger partial charge in [0.15, 0.2) is 0 Å². The molecule has 9 heteroatoms. The van der Waals surface area contributed by atoms with Crippen LogP contribution < -0.4 is 0 Å². The lowest BCUT2D eigenvalue weighted by Gasteiger charge is -2.11. The number of carbonyl (C=O) groups is 1. The van der Waals surface area contributed by atoms with Crippen molar-refractivity contribution in [3.8, 4) is 0 Å². The Morgan fingerprint density at radius 1 is 1.05 bits per heavy atom. The lowest BCUT2D eigenvalue weighted by Crippen LogP contribution is -2.13. The van der Waals surface area contributed by atoms with Gasteiger partial charge >= 0.3 is 18.3 Å². The standard InChI is InChI=1S/C11H5F6NO2/c12-10(13,14)4-2-1-3-5-6(4)7(11(15,16)17)8(18-5)9(19)20/h1-3,18H,(H,19,20). The van der Waals surface area contributed by atoms with Crippen LogP contribution in [0.3, 0.4) is 0 Å². The van der Waals surface area contributed by atoms with E-state index >= 15 is 0 Å². The summed E-state index contributed by atoms with van der Waals surface area (Å²) in [4.78, 5) is 12.6. The van der Waals surface area contributed by atoms with Gasteiger partial charge in [-0.2, -0.15) is 26.3 Å². The fraction of sp³-hybridized carbons (Fsp3) is 0.182. The zero-order valence-electron chi connectivity index (χ0n) is 9.36. The third-order valence-corrected chi connectivity index (χ3v) is 2.63. The number of benzene rings is 1. The molecule has 0 atom stereocenters. The molecule has 2 aromatic rings. The summed E-state index contributed by atoms with van der Waals surface area (Å²) in [6.45, 7) is 0. The summed E-state index contributed by atoms with van der Waals surface area (Å²) < 4.78 is 77.0. The van der Waals surface area contributed by atoms with Gasteiger partial charge in [-0.05, 0) is 12.1 Å². The van der Waals surface area contributed by atoms with Crippen molar-refractivity contribution in [2.45, 2.75) is 12.4 Å². The van der Waals surface area contributed by atoms with Gasteiger partial charge in [0.1, 0.15) is 5.69 Å². The van der Waals surface area contributed by atoms with Crippen molar-refractivity contribution < 1.29 is 36.2 Å². The van der Waals surface area contributed by atoms with Crippen LogP contribution >= 0.6 is 0 Å². The van der Waals surface area contributed by atoms with Crippen LogP contribution in [-0.2, 0) is 12.4 Å². The molecule has 0 amide bonds. The second-order valence-corrected chi connectivity index (χ2v) is 3.90. The van der Waals surface area contributed by atoms with Crippen molar-refractivity contribution in [2.24, 2.45) is 0 Å². The maximum atomic E-state index is 12.9. The minimum absolute atomic E-state index is 0.469. The first kappa shape index (κ1) is 14.2. The predicted octanol–water partition coefficient (Wildman–Crippen LogP) is 3.90. The Kier molecular flexibility index (Phi) is 2.95. The molecule has 2 N–H and O–H groups in total. The van der Waals surface area contributed by atoms with Gasteiger partial charge in [-0.15, -0.1) is 0 Å². The summed E-state index contributed by atoms with van der Waals surface area (Å²) in [5.74, 6) is -1.98. The van der Waals surface area contributed by atoms with Crippen molar-refractivity contribution in [1.82, 2.24) is 4.98 Å². The smallest absolute Gasteiger partial charge is 0.419 e. The molecule has 3 nitrogen and oxygen atoms in total. The van der Waals surface area contributed by atoms with Crippen LogP contribution in [0.4, 0.5) is 26.3 Å². The number of hydrogen-bond acceptors (Lipinski definition) is 1. The second-order valence-electron chi connectivity index (χ2n) is 3.90. The zero-order chi connectivity index (χ0) is 15.3. The molecule has 2 rings (SSSR count). The number of H-pyrrole nitrogens is 1. The van der Waals surface area contributed by atoms with Crippen molar-refractivity contribution in [3.63, 3.8) is 0 Å². The van der Waals surface area contributed by atoms with Gasteiger partial charge in [0.25, 0.3) is 0 Å². The quantitative estimate of drug-likeness (QED) is 0.784. The molecule has 108 valence electrons. The number of carboxylic acid groups (broad SMARTS) is 1. The lowest BCUT2D eigenvalue weighted by atomic mass is 10.0. The molecule has 1 aromatic carbocycles. The molecular formula is C11H5F6NO2. The highest BCUT2D eigenvalue weighted by molar-refractivity contribution is 5.99. The number of hydrogen-bond donors (Lipinski definition) is 2. The van der Waals surface area contributed by atoms with Crippen molar-refractivity contribution >= 4 is 16.9 Å². The fourth-order valence-corrected chi connectivity index (χ4v) is 1.93. The number of carboxylic acids is 1. The monoisotopic (exact) mass is 297 g/mol. The van der Waals surface area contributed by atoms with Gasteiger partial charge in [0.05, 0.1) is 11.1 Å². The van der Waals surface area contributed by atoms with E-state index < -0.39 is 46.0 Å². The Hall–Kier alpha value is -2.19. The Morgan fingerprint density at radius 3 is 2.10 bits per heavy atom. The van der Waals surface area contributed by atoms with E-state index in [1.807, 2.05) is 4.98 Å². The summed E-state index contributed by atoms with van der Waals surface area (Å²) in [5, 5.41) is 7.52. The third kappa shape index (κ3) is 2.19. The number of aromatic nitrogens is 1. The van der Waals surface area contributed by atoms with E-state index in [1.54, 1.807) is 0 Å². The average molecular weight is 297 g/mol. The van der Waals surface area contributed by atoms with E-state index in [4.69, 9.17) is 5.11 Å². The van der Waals surface area contributed by atoms with Crippen molar-refractivity contribution in [2.75, 3.05) is 0 Å². The maximum absolute atomic E-state index is 12.9. The van der Waals surface area contributed by atoms with E-state index in [-0.39, 0.29) is 0 Å². The molecule has 0 aliphatic heterocycles. The Morgan fingerprint density at radius 2 is 1.65 bits per heavy atom. The largest absolute Gasteiger partial charge is 0.477 e. The number of halogens is 6. The molecular weight excluding hydrogens is 292 g/mol. The Bertz CT molecular complexity index is 683. The van der Waals surface area contributed by atoms with Crippen LogP contribution in [0.1, 0.15) is 21.6 Å². The first-order valence-electron chi connectivity index (χ1n) is 5.06. The Labute approximate surface area is 106 Å². The van der Waals surface area contributed by atoms with Gasteiger partial charge in [-0.25, -0.2) is 4.79 Å². The number of aromatic carboxylic acids is 1. The molecule has 0 radical (unpaired) electrons. The highest BCUT2D eigenvalue weighted by Crippen LogP contribution is 2.43. The number of nitrogens with one attached hydrogen (secondary N) is 1. The summed E-state index contributed by atoms with van der Waals surface area (Å²) >= 11 is 0. The maximum Gasteiger partial charge on any atom is 0.419 e. The normalized spacial score (nSPS) is 12.9. The van der Waals surface area contributed by atoms with Gasteiger partial charge in [0.2, 0.25) is 0 Å². The number of alkyl halides is 6. The van der Waals surface area contributed by atoms with Gasteiger partial charge in [-0.3, -0.25) is 0 Å². The van der Waals surface area contributed by atoms with E-state index in [0.717, 1.165) is 12.1 Å².